The van der Waals surface area contributed by atoms with Gasteiger partial charge in [0.2, 0.25) is 0 Å². The molecule has 0 saturated heterocycles. The molecule has 0 radical (unpaired) electrons. The van der Waals surface area contributed by atoms with Crippen molar-refractivity contribution >= 4 is 17.6 Å². The zero-order valence-electron chi connectivity index (χ0n) is 12.9. The number of fused-ring (bicyclic) bond motifs is 1. The highest BCUT2D eigenvalue weighted by Gasteiger charge is 2.48. The molecule has 5 heteroatoms. The first-order valence-electron chi connectivity index (χ1n) is 7.64. The molecule has 25 heavy (non-hydrogen) atoms. The van der Waals surface area contributed by atoms with Crippen molar-refractivity contribution in [2.75, 3.05) is 0 Å². The van der Waals surface area contributed by atoms with E-state index in [9.17, 15) is 15.0 Å². The molecule has 0 saturated carbocycles. The lowest BCUT2D eigenvalue weighted by atomic mass is 9.80. The summed E-state index contributed by atoms with van der Waals surface area (Å²) in [5.41, 5.74) is 1.14. The molecule has 1 aliphatic heterocycles. The average Bonchev–Trinajstić information content (AvgIpc) is 2.92. The number of benzene rings is 3. The molecule has 124 valence electrons. The van der Waals surface area contributed by atoms with E-state index in [1.807, 2.05) is 12.1 Å². The van der Waals surface area contributed by atoms with Crippen LogP contribution in [0, 0.1) is 0 Å². The third-order valence-corrected chi connectivity index (χ3v) is 4.66. The van der Waals surface area contributed by atoms with Crippen molar-refractivity contribution < 1.29 is 19.7 Å². The Morgan fingerprint density at radius 2 is 1.52 bits per heavy atom. The van der Waals surface area contributed by atoms with Crippen LogP contribution in [0.2, 0.25) is 5.02 Å². The Kier molecular flexibility index (Phi) is 3.44. The Hall–Kier alpha value is -2.98. The molecule has 0 amide bonds. The zero-order valence-corrected chi connectivity index (χ0v) is 13.7. The van der Waals surface area contributed by atoms with Crippen molar-refractivity contribution in [2.24, 2.45) is 0 Å². The number of rotatable bonds is 2. The van der Waals surface area contributed by atoms with Gasteiger partial charge in [-0.2, -0.15) is 0 Å². The molecule has 0 fully saturated rings. The molecule has 3 aromatic carbocycles. The number of hydrogen-bond donors (Lipinski definition) is 2. The number of cyclic esters (lactones) is 1. The number of phenols is 2. The first-order valence-corrected chi connectivity index (χ1v) is 8.01. The number of ether oxygens (including phenoxy) is 1. The Bertz CT molecular complexity index is 981. The van der Waals surface area contributed by atoms with Crippen molar-refractivity contribution in [3.8, 4) is 11.5 Å². The number of halogens is 1. The van der Waals surface area contributed by atoms with E-state index in [-0.39, 0.29) is 11.5 Å². The summed E-state index contributed by atoms with van der Waals surface area (Å²) in [5.74, 6) is -0.975. The number of esters is 1. The molecule has 0 bridgehead atoms. The van der Waals surface area contributed by atoms with E-state index in [2.05, 4.69) is 0 Å². The van der Waals surface area contributed by atoms with Gasteiger partial charge in [0.15, 0.2) is 17.1 Å². The molecule has 0 aromatic heterocycles. The van der Waals surface area contributed by atoms with Crippen molar-refractivity contribution in [3.05, 3.63) is 94.0 Å². The summed E-state index contributed by atoms with van der Waals surface area (Å²) in [6, 6.07) is 18.5. The van der Waals surface area contributed by atoms with Gasteiger partial charge in [-0.25, -0.2) is 4.79 Å². The van der Waals surface area contributed by atoms with Crippen LogP contribution in [0.15, 0.2) is 66.7 Å². The number of carbonyl (C=O) groups is 1. The molecule has 4 nitrogen and oxygen atoms in total. The Morgan fingerprint density at radius 1 is 0.840 bits per heavy atom. The van der Waals surface area contributed by atoms with Crippen LogP contribution in [-0.4, -0.2) is 16.2 Å². The molecule has 1 unspecified atom stereocenters. The van der Waals surface area contributed by atoms with Crippen molar-refractivity contribution in [3.63, 3.8) is 0 Å². The van der Waals surface area contributed by atoms with E-state index >= 15 is 0 Å². The number of hydrogen-bond acceptors (Lipinski definition) is 4. The first-order chi connectivity index (χ1) is 12.0. The first kappa shape index (κ1) is 15.5. The summed E-state index contributed by atoms with van der Waals surface area (Å²) < 4.78 is 5.85. The van der Waals surface area contributed by atoms with Gasteiger partial charge in [-0.1, -0.05) is 48.0 Å². The van der Waals surface area contributed by atoms with E-state index < -0.39 is 11.6 Å². The quantitative estimate of drug-likeness (QED) is 0.535. The normalized spacial score (nSPS) is 18.7. The standard InChI is InChI=1S/C20H13ClO4/c21-14-8-5-12(6-9-14)20(13-7-10-17(22)18(23)11-13)16-4-2-1-3-15(16)19(24)25-20/h1-11,22-23H. The minimum Gasteiger partial charge on any atom is -0.504 e. The van der Waals surface area contributed by atoms with Gasteiger partial charge in [0.1, 0.15) is 0 Å². The minimum atomic E-state index is -1.22. The number of aromatic hydroxyl groups is 2. The van der Waals surface area contributed by atoms with Crippen LogP contribution in [0.3, 0.4) is 0 Å². The molecule has 1 atom stereocenters. The fourth-order valence-electron chi connectivity index (χ4n) is 3.24. The zero-order chi connectivity index (χ0) is 17.6. The van der Waals surface area contributed by atoms with Gasteiger partial charge in [-0.3, -0.25) is 0 Å². The second-order valence-electron chi connectivity index (χ2n) is 5.83. The fraction of sp³-hybridized carbons (Fsp3) is 0.0500. The van der Waals surface area contributed by atoms with Crippen molar-refractivity contribution in [1.29, 1.82) is 0 Å². The van der Waals surface area contributed by atoms with E-state index in [0.717, 1.165) is 0 Å². The summed E-state index contributed by atoms with van der Waals surface area (Å²) in [6.45, 7) is 0. The highest BCUT2D eigenvalue weighted by molar-refractivity contribution is 6.30. The molecular formula is C20H13ClO4. The molecule has 1 aliphatic rings. The van der Waals surface area contributed by atoms with E-state index in [0.29, 0.717) is 27.3 Å². The highest BCUT2D eigenvalue weighted by Crippen LogP contribution is 2.48. The van der Waals surface area contributed by atoms with Crippen LogP contribution in [0.4, 0.5) is 0 Å². The van der Waals surface area contributed by atoms with Gasteiger partial charge in [0.25, 0.3) is 0 Å². The van der Waals surface area contributed by atoms with Gasteiger partial charge in [-0.05, 0) is 30.3 Å². The molecule has 2 N–H and O–H groups in total. The van der Waals surface area contributed by atoms with Crippen LogP contribution < -0.4 is 0 Å². The Morgan fingerprint density at radius 3 is 2.24 bits per heavy atom. The second-order valence-corrected chi connectivity index (χ2v) is 6.26. The van der Waals surface area contributed by atoms with Gasteiger partial charge in [0.05, 0.1) is 5.56 Å². The monoisotopic (exact) mass is 352 g/mol. The molecule has 0 spiro atoms. The van der Waals surface area contributed by atoms with Gasteiger partial charge in [0, 0.05) is 21.7 Å². The summed E-state index contributed by atoms with van der Waals surface area (Å²) >= 11 is 6.00. The molecule has 3 aromatic rings. The maximum atomic E-state index is 12.5. The van der Waals surface area contributed by atoms with Crippen LogP contribution in [-0.2, 0) is 10.3 Å². The maximum Gasteiger partial charge on any atom is 0.340 e. The lowest BCUT2D eigenvalue weighted by molar-refractivity contribution is 0.0251. The largest absolute Gasteiger partial charge is 0.504 e. The summed E-state index contributed by atoms with van der Waals surface area (Å²) in [7, 11) is 0. The van der Waals surface area contributed by atoms with E-state index in [1.54, 1.807) is 42.5 Å². The lowest BCUT2D eigenvalue weighted by Crippen LogP contribution is -2.29. The molecule has 0 aliphatic carbocycles. The van der Waals surface area contributed by atoms with Gasteiger partial charge in [-0.15, -0.1) is 0 Å². The molecular weight excluding hydrogens is 340 g/mol. The van der Waals surface area contributed by atoms with Crippen LogP contribution >= 0.6 is 11.6 Å². The smallest absolute Gasteiger partial charge is 0.340 e. The van der Waals surface area contributed by atoms with Crippen LogP contribution in [0.25, 0.3) is 0 Å². The summed E-state index contributed by atoms with van der Waals surface area (Å²) in [6.07, 6.45) is 0. The lowest BCUT2D eigenvalue weighted by Gasteiger charge is -2.30. The second kappa shape index (κ2) is 5.53. The Balaban J connectivity index is 2.05. The van der Waals surface area contributed by atoms with Crippen molar-refractivity contribution in [1.82, 2.24) is 0 Å². The van der Waals surface area contributed by atoms with Crippen molar-refractivity contribution in [2.45, 2.75) is 5.60 Å². The molecule has 4 rings (SSSR count). The number of carbonyl (C=O) groups excluding carboxylic acids is 1. The van der Waals surface area contributed by atoms with Crippen LogP contribution in [0.5, 0.6) is 11.5 Å². The minimum absolute atomic E-state index is 0.243. The number of phenolic OH excluding ortho intramolecular Hbond substituents is 2. The van der Waals surface area contributed by atoms with Gasteiger partial charge >= 0.3 is 5.97 Å². The topological polar surface area (TPSA) is 66.8 Å². The fourth-order valence-corrected chi connectivity index (χ4v) is 3.37. The third kappa shape index (κ3) is 2.26. The highest BCUT2D eigenvalue weighted by atomic mass is 35.5. The van der Waals surface area contributed by atoms with Crippen LogP contribution in [0.1, 0.15) is 27.0 Å². The van der Waals surface area contributed by atoms with Gasteiger partial charge < -0.3 is 14.9 Å². The Labute approximate surface area is 148 Å². The third-order valence-electron chi connectivity index (χ3n) is 4.40. The predicted molar refractivity (Wildman–Crippen MR) is 93.0 cm³/mol. The predicted octanol–water partition coefficient (Wildman–Crippen LogP) is 4.21. The SMILES string of the molecule is O=C1OC(c2ccc(Cl)cc2)(c2ccc(O)c(O)c2)c2ccccc21. The van der Waals surface area contributed by atoms with E-state index in [1.165, 1.54) is 12.1 Å². The van der Waals surface area contributed by atoms with E-state index in [4.69, 9.17) is 16.3 Å². The maximum absolute atomic E-state index is 12.5. The average molecular weight is 353 g/mol. The summed E-state index contributed by atoms with van der Waals surface area (Å²) in [5, 5.41) is 20.2. The molecule has 1 heterocycles. The summed E-state index contributed by atoms with van der Waals surface area (Å²) in [4.78, 5) is 12.5.